The van der Waals surface area contributed by atoms with E-state index in [1.807, 2.05) is 11.4 Å². The van der Waals surface area contributed by atoms with E-state index in [-0.39, 0.29) is 5.91 Å². The van der Waals surface area contributed by atoms with Gasteiger partial charge in [0.05, 0.1) is 8.45 Å². The molecule has 1 aliphatic rings. The van der Waals surface area contributed by atoms with Crippen LogP contribution in [-0.4, -0.2) is 11.9 Å². The molecule has 2 nitrogen and oxygen atoms in total. The van der Waals surface area contributed by atoms with E-state index in [0.717, 1.165) is 24.3 Å². The van der Waals surface area contributed by atoms with Crippen LogP contribution >= 0.6 is 33.9 Å². The fourth-order valence-electron chi connectivity index (χ4n) is 2.49. The van der Waals surface area contributed by atoms with Crippen LogP contribution in [0.4, 0.5) is 0 Å². The zero-order chi connectivity index (χ0) is 12.3. The highest BCUT2D eigenvalue weighted by Gasteiger charge is 2.22. The van der Waals surface area contributed by atoms with Crippen LogP contribution in [-0.2, 0) is 0 Å². The third kappa shape index (κ3) is 3.68. The maximum Gasteiger partial charge on any atom is 0.252 e. The first-order valence-electron chi connectivity index (χ1n) is 6.24. The Bertz CT molecular complexity index is 391. The van der Waals surface area contributed by atoms with Crippen molar-refractivity contribution in [1.29, 1.82) is 0 Å². The highest BCUT2D eigenvalue weighted by atomic mass is 127. The number of amides is 1. The van der Waals surface area contributed by atoms with E-state index in [9.17, 15) is 4.79 Å². The molecule has 17 heavy (non-hydrogen) atoms. The topological polar surface area (TPSA) is 29.1 Å². The minimum Gasteiger partial charge on any atom is -0.349 e. The molecule has 0 radical (unpaired) electrons. The average Bonchev–Trinajstić information content (AvgIpc) is 2.76. The molecule has 1 N–H and O–H groups in total. The van der Waals surface area contributed by atoms with E-state index in [1.54, 1.807) is 11.3 Å². The van der Waals surface area contributed by atoms with Gasteiger partial charge >= 0.3 is 0 Å². The van der Waals surface area contributed by atoms with Crippen molar-refractivity contribution in [2.24, 2.45) is 5.92 Å². The summed E-state index contributed by atoms with van der Waals surface area (Å²) in [6.45, 7) is 2.25. The van der Waals surface area contributed by atoms with Gasteiger partial charge in [-0.2, -0.15) is 0 Å². The Morgan fingerprint density at radius 2 is 2.41 bits per heavy atom. The Balaban J connectivity index is 1.90. The van der Waals surface area contributed by atoms with Crippen LogP contribution in [0.5, 0.6) is 0 Å². The molecule has 0 saturated heterocycles. The van der Waals surface area contributed by atoms with Crippen molar-refractivity contribution < 1.29 is 4.79 Å². The molecule has 0 spiro atoms. The van der Waals surface area contributed by atoms with Crippen LogP contribution in [0.2, 0.25) is 0 Å². The standard InChI is InChI=1S/C13H18INOS/c1-2-9-4-3-5-11(6-9)15-13(16)10-7-12(14)17-8-10/h7-9,11H,2-6H2,1H3,(H,15,16). The minimum atomic E-state index is 0.103. The second-order valence-corrected chi connectivity index (χ2v) is 7.56. The number of nitrogens with one attached hydrogen (secondary N) is 1. The van der Waals surface area contributed by atoms with Gasteiger partial charge in [0.2, 0.25) is 0 Å². The quantitative estimate of drug-likeness (QED) is 0.807. The van der Waals surface area contributed by atoms with E-state index in [1.165, 1.54) is 22.1 Å². The lowest BCUT2D eigenvalue weighted by Crippen LogP contribution is -2.38. The zero-order valence-electron chi connectivity index (χ0n) is 10.0. The molecular weight excluding hydrogens is 345 g/mol. The van der Waals surface area contributed by atoms with E-state index in [2.05, 4.69) is 34.8 Å². The van der Waals surface area contributed by atoms with Crippen molar-refractivity contribution in [3.05, 3.63) is 19.9 Å². The predicted octanol–water partition coefficient (Wildman–Crippen LogP) is 4.05. The molecule has 1 aromatic rings. The molecule has 1 heterocycles. The van der Waals surface area contributed by atoms with Crippen molar-refractivity contribution in [1.82, 2.24) is 5.32 Å². The lowest BCUT2D eigenvalue weighted by molar-refractivity contribution is 0.0919. The number of hydrogen-bond donors (Lipinski definition) is 1. The van der Waals surface area contributed by atoms with Crippen LogP contribution in [0, 0.1) is 8.80 Å². The van der Waals surface area contributed by atoms with Gasteiger partial charge in [-0.1, -0.05) is 26.2 Å². The molecule has 2 rings (SSSR count). The van der Waals surface area contributed by atoms with Gasteiger partial charge in [-0.05, 0) is 47.4 Å². The van der Waals surface area contributed by atoms with Crippen molar-refractivity contribution in [2.45, 2.75) is 45.1 Å². The summed E-state index contributed by atoms with van der Waals surface area (Å²) in [6.07, 6.45) is 6.12. The summed E-state index contributed by atoms with van der Waals surface area (Å²) in [5.41, 5.74) is 0.818. The van der Waals surface area contributed by atoms with Crippen LogP contribution in [0.15, 0.2) is 11.4 Å². The highest BCUT2D eigenvalue weighted by Crippen LogP contribution is 2.27. The first kappa shape index (κ1) is 13.3. The van der Waals surface area contributed by atoms with E-state index < -0.39 is 0 Å². The molecule has 2 unspecified atom stereocenters. The van der Waals surface area contributed by atoms with Gasteiger partial charge in [0.15, 0.2) is 0 Å². The second kappa shape index (κ2) is 6.18. The number of halogens is 1. The van der Waals surface area contributed by atoms with Crippen LogP contribution in [0.25, 0.3) is 0 Å². The lowest BCUT2D eigenvalue weighted by atomic mass is 9.84. The Morgan fingerprint density at radius 1 is 1.59 bits per heavy atom. The van der Waals surface area contributed by atoms with E-state index in [0.29, 0.717) is 6.04 Å². The number of rotatable bonds is 3. The summed E-state index contributed by atoms with van der Waals surface area (Å²) < 4.78 is 1.17. The SMILES string of the molecule is CCC1CCCC(NC(=O)c2csc(I)c2)C1. The first-order chi connectivity index (χ1) is 8.19. The summed E-state index contributed by atoms with van der Waals surface area (Å²) in [5, 5.41) is 5.12. The third-order valence-electron chi connectivity index (χ3n) is 3.53. The molecule has 1 fully saturated rings. The molecule has 0 aromatic carbocycles. The Labute approximate surface area is 120 Å². The summed E-state index contributed by atoms with van der Waals surface area (Å²) in [6, 6.07) is 2.35. The molecule has 0 bridgehead atoms. The molecule has 0 aliphatic heterocycles. The lowest BCUT2D eigenvalue weighted by Gasteiger charge is -2.28. The number of carbonyl (C=O) groups excluding carboxylic acids is 1. The Hall–Kier alpha value is -0.100. The van der Waals surface area contributed by atoms with E-state index >= 15 is 0 Å². The molecule has 1 saturated carbocycles. The number of hydrogen-bond acceptors (Lipinski definition) is 2. The molecule has 4 heteroatoms. The smallest absolute Gasteiger partial charge is 0.252 e. The highest BCUT2D eigenvalue weighted by molar-refractivity contribution is 14.1. The van der Waals surface area contributed by atoms with Crippen molar-refractivity contribution >= 4 is 39.8 Å². The van der Waals surface area contributed by atoms with Crippen molar-refractivity contribution in [2.75, 3.05) is 0 Å². The van der Waals surface area contributed by atoms with Gasteiger partial charge in [0.25, 0.3) is 5.91 Å². The predicted molar refractivity (Wildman–Crippen MR) is 80.5 cm³/mol. The molecule has 2 atom stereocenters. The zero-order valence-corrected chi connectivity index (χ0v) is 13.0. The van der Waals surface area contributed by atoms with Gasteiger partial charge in [-0.15, -0.1) is 11.3 Å². The number of thiophene rings is 1. The maximum absolute atomic E-state index is 12.0. The molecular formula is C13H18INOS. The van der Waals surface area contributed by atoms with Gasteiger partial charge in [0.1, 0.15) is 0 Å². The monoisotopic (exact) mass is 363 g/mol. The number of carbonyl (C=O) groups is 1. The maximum atomic E-state index is 12.0. The van der Waals surface area contributed by atoms with E-state index in [4.69, 9.17) is 0 Å². The molecule has 1 aliphatic carbocycles. The fraction of sp³-hybridized carbons (Fsp3) is 0.615. The minimum absolute atomic E-state index is 0.103. The Kier molecular flexibility index (Phi) is 4.85. The second-order valence-electron chi connectivity index (χ2n) is 4.75. The molecule has 1 amide bonds. The molecule has 1 aromatic heterocycles. The van der Waals surface area contributed by atoms with Crippen molar-refractivity contribution in [3.63, 3.8) is 0 Å². The van der Waals surface area contributed by atoms with Crippen molar-refractivity contribution in [3.8, 4) is 0 Å². The van der Waals surface area contributed by atoms with Gasteiger partial charge in [-0.25, -0.2) is 0 Å². The molecule has 94 valence electrons. The summed E-state index contributed by atoms with van der Waals surface area (Å²) in [7, 11) is 0. The normalized spacial score (nSPS) is 24.6. The Morgan fingerprint density at radius 3 is 3.06 bits per heavy atom. The van der Waals surface area contributed by atoms with Crippen LogP contribution < -0.4 is 5.32 Å². The van der Waals surface area contributed by atoms with Crippen LogP contribution in [0.1, 0.15) is 49.4 Å². The third-order valence-corrected chi connectivity index (χ3v) is 5.31. The van der Waals surface area contributed by atoms with Gasteiger partial charge in [0, 0.05) is 11.4 Å². The first-order valence-corrected chi connectivity index (χ1v) is 8.19. The summed E-state index contributed by atoms with van der Waals surface area (Å²) in [5.74, 6) is 0.905. The largest absolute Gasteiger partial charge is 0.349 e. The fourth-order valence-corrected chi connectivity index (χ4v) is 3.82. The summed E-state index contributed by atoms with van der Waals surface area (Å²) in [4.78, 5) is 12.0. The van der Waals surface area contributed by atoms with Gasteiger partial charge in [-0.3, -0.25) is 4.79 Å². The van der Waals surface area contributed by atoms with Gasteiger partial charge < -0.3 is 5.32 Å². The average molecular weight is 363 g/mol. The summed E-state index contributed by atoms with van der Waals surface area (Å²) >= 11 is 3.88. The van der Waals surface area contributed by atoms with Crippen LogP contribution in [0.3, 0.4) is 0 Å².